The van der Waals surface area contributed by atoms with Crippen molar-refractivity contribution in [3.8, 4) is 0 Å². The molecule has 0 aliphatic heterocycles. The number of hydrogen-bond acceptors (Lipinski definition) is 3. The summed E-state index contributed by atoms with van der Waals surface area (Å²) >= 11 is 7.08. The minimum Gasteiger partial charge on any atom is -0.267 e. The summed E-state index contributed by atoms with van der Waals surface area (Å²) in [6.45, 7) is 1.67. The monoisotopic (exact) mass is 314 g/mol. The average Bonchev–Trinajstić information content (AvgIpc) is 2.85. The van der Waals surface area contributed by atoms with Crippen LogP contribution in [0, 0.1) is 11.6 Å². The van der Waals surface area contributed by atoms with Crippen molar-refractivity contribution in [2.24, 2.45) is 5.10 Å². The van der Waals surface area contributed by atoms with Crippen LogP contribution in [0.3, 0.4) is 0 Å². The zero-order chi connectivity index (χ0) is 14.7. The molecule has 0 fully saturated rings. The van der Waals surface area contributed by atoms with Gasteiger partial charge in [-0.05, 0) is 37.3 Å². The number of nitrogens with zero attached hydrogens (tertiary/aromatic N) is 1. The van der Waals surface area contributed by atoms with Crippen molar-refractivity contribution in [1.82, 2.24) is 5.43 Å². The number of rotatable bonds is 3. The molecule has 0 spiro atoms. The van der Waals surface area contributed by atoms with Gasteiger partial charge in [0.15, 0.2) is 0 Å². The Labute approximate surface area is 122 Å². The molecule has 0 atom stereocenters. The number of carbonyl (C=O) groups is 1. The number of halogens is 3. The molecule has 2 rings (SSSR count). The first-order valence-corrected chi connectivity index (χ1v) is 6.72. The summed E-state index contributed by atoms with van der Waals surface area (Å²) in [6, 6.07) is 6.10. The van der Waals surface area contributed by atoms with Gasteiger partial charge in [-0.2, -0.15) is 5.10 Å². The Bertz CT molecular complexity index is 685. The SMILES string of the molecule is C/C(=N/NC(=O)c1cc(F)ccc1F)c1ccc(Cl)s1. The predicted molar refractivity (Wildman–Crippen MR) is 75.4 cm³/mol. The van der Waals surface area contributed by atoms with Gasteiger partial charge in [0.05, 0.1) is 20.5 Å². The van der Waals surface area contributed by atoms with Gasteiger partial charge in [-0.25, -0.2) is 14.2 Å². The number of nitrogens with one attached hydrogen (secondary N) is 1. The second-order valence-corrected chi connectivity index (χ2v) is 5.58. The first-order chi connectivity index (χ1) is 9.47. The van der Waals surface area contributed by atoms with Crippen molar-refractivity contribution in [2.45, 2.75) is 6.92 Å². The van der Waals surface area contributed by atoms with Crippen molar-refractivity contribution in [3.05, 3.63) is 56.7 Å². The van der Waals surface area contributed by atoms with E-state index in [1.807, 2.05) is 0 Å². The fraction of sp³-hybridized carbons (Fsp3) is 0.0769. The zero-order valence-electron chi connectivity index (χ0n) is 10.3. The molecule has 7 heteroatoms. The Balaban J connectivity index is 2.14. The van der Waals surface area contributed by atoms with Crippen molar-refractivity contribution in [3.63, 3.8) is 0 Å². The smallest absolute Gasteiger partial charge is 0.267 e. The van der Waals surface area contributed by atoms with E-state index in [0.717, 1.165) is 23.1 Å². The second kappa shape index (κ2) is 6.11. The summed E-state index contributed by atoms with van der Waals surface area (Å²) in [5.74, 6) is -2.32. The minimum atomic E-state index is -0.816. The third-order valence-corrected chi connectivity index (χ3v) is 3.77. The lowest BCUT2D eigenvalue weighted by Crippen LogP contribution is -2.20. The third-order valence-electron chi connectivity index (χ3n) is 2.43. The van der Waals surface area contributed by atoms with Crippen LogP contribution in [0.1, 0.15) is 22.2 Å². The number of carbonyl (C=O) groups excluding carboxylic acids is 1. The van der Waals surface area contributed by atoms with Gasteiger partial charge in [-0.3, -0.25) is 4.79 Å². The zero-order valence-corrected chi connectivity index (χ0v) is 11.9. The highest BCUT2D eigenvalue weighted by Gasteiger charge is 2.12. The largest absolute Gasteiger partial charge is 0.274 e. The van der Waals surface area contributed by atoms with Crippen molar-refractivity contribution in [2.75, 3.05) is 0 Å². The Hall–Kier alpha value is -1.79. The second-order valence-electron chi connectivity index (χ2n) is 3.87. The lowest BCUT2D eigenvalue weighted by molar-refractivity contribution is 0.0950. The molecule has 0 saturated heterocycles. The molecule has 104 valence electrons. The van der Waals surface area contributed by atoms with Gasteiger partial charge in [0, 0.05) is 0 Å². The molecule has 0 aliphatic carbocycles. The molecule has 0 radical (unpaired) electrons. The van der Waals surface area contributed by atoms with Crippen LogP contribution in [-0.2, 0) is 0 Å². The lowest BCUT2D eigenvalue weighted by atomic mass is 10.2. The standard InChI is InChI=1S/C13H9ClF2N2OS/c1-7(11-4-5-12(14)20-11)17-18-13(19)9-6-8(15)2-3-10(9)16/h2-6H,1H3,(H,18,19)/b17-7-. The molecule has 0 aliphatic rings. The summed E-state index contributed by atoms with van der Waals surface area (Å²) in [6.07, 6.45) is 0. The Morgan fingerprint density at radius 3 is 2.70 bits per heavy atom. The Kier molecular flexibility index (Phi) is 4.46. The molecule has 0 bridgehead atoms. The fourth-order valence-electron chi connectivity index (χ4n) is 1.43. The van der Waals surface area contributed by atoms with E-state index in [2.05, 4.69) is 10.5 Å². The van der Waals surface area contributed by atoms with Gasteiger partial charge in [0.2, 0.25) is 0 Å². The number of thiophene rings is 1. The van der Waals surface area contributed by atoms with Crippen LogP contribution in [0.4, 0.5) is 8.78 Å². The fourth-order valence-corrected chi connectivity index (χ4v) is 2.42. The molecule has 1 aromatic carbocycles. The summed E-state index contributed by atoms with van der Waals surface area (Å²) in [5.41, 5.74) is 2.30. The molecular formula is C13H9ClF2N2OS. The van der Waals surface area contributed by atoms with Gasteiger partial charge >= 0.3 is 0 Å². The highest BCUT2D eigenvalue weighted by Crippen LogP contribution is 2.21. The molecule has 3 nitrogen and oxygen atoms in total. The quantitative estimate of drug-likeness (QED) is 0.679. The number of benzene rings is 1. The van der Waals surface area contributed by atoms with E-state index in [-0.39, 0.29) is 0 Å². The molecule has 1 aromatic heterocycles. The van der Waals surface area contributed by atoms with Gasteiger partial charge in [0.25, 0.3) is 5.91 Å². The maximum atomic E-state index is 13.4. The van der Waals surface area contributed by atoms with Crippen molar-refractivity contribution < 1.29 is 13.6 Å². The molecule has 2 aromatic rings. The molecule has 0 saturated carbocycles. The molecule has 0 unspecified atom stereocenters. The topological polar surface area (TPSA) is 41.5 Å². The third kappa shape index (κ3) is 3.40. The predicted octanol–water partition coefficient (Wildman–Crippen LogP) is 3.83. The van der Waals surface area contributed by atoms with E-state index in [4.69, 9.17) is 11.6 Å². The maximum Gasteiger partial charge on any atom is 0.274 e. The van der Waals surface area contributed by atoms with E-state index >= 15 is 0 Å². The van der Waals surface area contributed by atoms with Crippen LogP contribution in [0.2, 0.25) is 4.34 Å². The van der Waals surface area contributed by atoms with E-state index in [0.29, 0.717) is 10.0 Å². The van der Waals surface area contributed by atoms with Crippen LogP contribution in [0.25, 0.3) is 0 Å². The van der Waals surface area contributed by atoms with Gasteiger partial charge < -0.3 is 0 Å². The average molecular weight is 315 g/mol. The van der Waals surface area contributed by atoms with Crippen LogP contribution >= 0.6 is 22.9 Å². The number of hydrazone groups is 1. The first kappa shape index (κ1) is 14.6. The minimum absolute atomic E-state index is 0.397. The highest BCUT2D eigenvalue weighted by molar-refractivity contribution is 7.18. The maximum absolute atomic E-state index is 13.4. The molecule has 1 amide bonds. The molecular weight excluding hydrogens is 306 g/mol. The molecule has 1 heterocycles. The molecule has 20 heavy (non-hydrogen) atoms. The first-order valence-electron chi connectivity index (χ1n) is 5.53. The van der Waals surface area contributed by atoms with Crippen LogP contribution in [0.5, 0.6) is 0 Å². The van der Waals surface area contributed by atoms with Crippen molar-refractivity contribution in [1.29, 1.82) is 0 Å². The van der Waals surface area contributed by atoms with Gasteiger partial charge in [-0.1, -0.05) is 11.6 Å². The van der Waals surface area contributed by atoms with Crippen LogP contribution in [0.15, 0.2) is 35.4 Å². The summed E-state index contributed by atoms with van der Waals surface area (Å²) in [5, 5.41) is 3.83. The summed E-state index contributed by atoms with van der Waals surface area (Å²) < 4.78 is 27.0. The van der Waals surface area contributed by atoms with Crippen LogP contribution < -0.4 is 5.43 Å². The summed E-state index contributed by atoms with van der Waals surface area (Å²) in [4.78, 5) is 12.5. The Morgan fingerprint density at radius 2 is 2.05 bits per heavy atom. The van der Waals surface area contributed by atoms with E-state index in [9.17, 15) is 13.6 Å². The van der Waals surface area contributed by atoms with Crippen LogP contribution in [-0.4, -0.2) is 11.6 Å². The molecule has 1 N–H and O–H groups in total. The normalized spacial score (nSPS) is 11.5. The Morgan fingerprint density at radius 1 is 1.30 bits per heavy atom. The van der Waals surface area contributed by atoms with Crippen molar-refractivity contribution >= 4 is 34.6 Å². The lowest BCUT2D eigenvalue weighted by Gasteiger charge is -2.03. The highest BCUT2D eigenvalue weighted by atomic mass is 35.5. The van der Waals surface area contributed by atoms with E-state index < -0.39 is 23.1 Å². The van der Waals surface area contributed by atoms with Gasteiger partial charge in [-0.15, -0.1) is 11.3 Å². The van der Waals surface area contributed by atoms with E-state index in [1.165, 1.54) is 11.3 Å². The van der Waals surface area contributed by atoms with Gasteiger partial charge in [0.1, 0.15) is 11.6 Å². The summed E-state index contributed by atoms with van der Waals surface area (Å²) in [7, 11) is 0. The number of hydrogen-bond donors (Lipinski definition) is 1. The van der Waals surface area contributed by atoms with E-state index in [1.54, 1.807) is 19.1 Å². The number of amides is 1.